The van der Waals surface area contributed by atoms with Crippen molar-refractivity contribution in [3.8, 4) is 0 Å². The summed E-state index contributed by atoms with van der Waals surface area (Å²) in [5.41, 5.74) is 0. The molecule has 0 spiro atoms. The monoisotopic (exact) mass is 390 g/mol. The van der Waals surface area contributed by atoms with E-state index in [-0.39, 0.29) is 12.1 Å². The molecule has 0 aliphatic rings. The second kappa shape index (κ2) is 18.0. The van der Waals surface area contributed by atoms with E-state index in [0.29, 0.717) is 13.2 Å². The Morgan fingerprint density at radius 1 is 1.00 bits per heavy atom. The molecule has 0 aromatic heterocycles. The van der Waals surface area contributed by atoms with Crippen molar-refractivity contribution in [1.82, 2.24) is 0 Å². The number of hydrogen-bond donors (Lipinski definition) is 0. The number of esters is 1. The highest BCUT2D eigenvalue weighted by molar-refractivity contribution is 9.09. The molecule has 136 valence electrons. The number of unbranched alkanes of at least 4 members (excludes halogenated alkanes) is 5. The predicted molar refractivity (Wildman–Crippen MR) is 101 cm³/mol. The zero-order valence-electron chi connectivity index (χ0n) is 15.0. The number of alkyl halides is 1. The average molecular weight is 391 g/mol. The smallest absolute Gasteiger partial charge is 0.335 e. The lowest BCUT2D eigenvalue weighted by molar-refractivity contribution is -0.158. The summed E-state index contributed by atoms with van der Waals surface area (Å²) in [5.74, 6) is -0.178. The van der Waals surface area contributed by atoms with Crippen LogP contribution in [0.15, 0.2) is 12.2 Å². The molecule has 0 radical (unpaired) electrons. The molecule has 23 heavy (non-hydrogen) atoms. The Kier molecular flexibility index (Phi) is 17.7. The zero-order valence-corrected chi connectivity index (χ0v) is 16.6. The van der Waals surface area contributed by atoms with Crippen LogP contribution in [0.2, 0.25) is 0 Å². The first-order valence-corrected chi connectivity index (χ1v) is 10.4. The lowest BCUT2D eigenvalue weighted by atomic mass is 10.1. The summed E-state index contributed by atoms with van der Waals surface area (Å²) < 4.78 is 11.2. The minimum absolute atomic E-state index is 0.178. The molecule has 0 bridgehead atoms. The number of hydrogen-bond acceptors (Lipinski definition) is 3. The Morgan fingerprint density at radius 3 is 2.48 bits per heavy atom. The minimum Gasteiger partial charge on any atom is -0.464 e. The molecule has 0 amide bonds. The van der Waals surface area contributed by atoms with Crippen molar-refractivity contribution in [3.63, 3.8) is 0 Å². The first-order chi connectivity index (χ1) is 11.3. The van der Waals surface area contributed by atoms with Gasteiger partial charge < -0.3 is 9.47 Å². The number of ether oxygens (including phenoxy) is 2. The largest absolute Gasteiger partial charge is 0.464 e. The van der Waals surface area contributed by atoms with E-state index < -0.39 is 0 Å². The molecule has 4 heteroatoms. The fraction of sp³-hybridized carbons (Fsp3) is 0.842. The third kappa shape index (κ3) is 14.9. The molecule has 0 heterocycles. The number of carbonyl (C=O) groups is 1. The lowest BCUT2D eigenvalue weighted by Crippen LogP contribution is -2.27. The first kappa shape index (κ1) is 22.6. The number of allylic oxidation sites excluding steroid dienone is 2. The van der Waals surface area contributed by atoms with Gasteiger partial charge in [-0.2, -0.15) is 0 Å². The highest BCUT2D eigenvalue weighted by Gasteiger charge is 2.19. The third-order valence-corrected chi connectivity index (χ3v) is 4.15. The average Bonchev–Trinajstić information content (AvgIpc) is 2.56. The summed E-state index contributed by atoms with van der Waals surface area (Å²) in [6, 6.07) is 0. The van der Waals surface area contributed by atoms with Gasteiger partial charge in [-0.05, 0) is 38.5 Å². The summed E-state index contributed by atoms with van der Waals surface area (Å²) in [4.78, 5) is 12.1. The van der Waals surface area contributed by atoms with Crippen LogP contribution in [-0.2, 0) is 14.3 Å². The van der Waals surface area contributed by atoms with Gasteiger partial charge in [0.25, 0.3) is 0 Å². The molecule has 0 N–H and O–H groups in total. The van der Waals surface area contributed by atoms with Gasteiger partial charge in [0.1, 0.15) is 0 Å². The van der Waals surface area contributed by atoms with Crippen LogP contribution in [0.3, 0.4) is 0 Å². The van der Waals surface area contributed by atoms with Gasteiger partial charge in [-0.15, -0.1) is 0 Å². The van der Waals surface area contributed by atoms with Crippen molar-refractivity contribution < 1.29 is 14.3 Å². The second-order valence-corrected chi connectivity index (χ2v) is 6.59. The third-order valence-electron chi connectivity index (χ3n) is 3.59. The van der Waals surface area contributed by atoms with Crippen LogP contribution in [0.5, 0.6) is 0 Å². The van der Waals surface area contributed by atoms with E-state index in [1.54, 1.807) is 0 Å². The summed E-state index contributed by atoms with van der Waals surface area (Å²) >= 11 is 3.42. The quantitative estimate of drug-likeness (QED) is 0.144. The molecule has 0 fully saturated rings. The topological polar surface area (TPSA) is 35.5 Å². The standard InChI is InChI=1S/C19H35BrO3/c1-3-5-7-9-12-16-22-18(14-6-4-2)19(21)23-17-13-10-8-11-15-20/h5,7,18H,3-4,6,8-17H2,1-2H3/b7-5-. The van der Waals surface area contributed by atoms with Gasteiger partial charge in [0.2, 0.25) is 0 Å². The molecule has 0 saturated carbocycles. The molecule has 0 saturated heterocycles. The van der Waals surface area contributed by atoms with Crippen LogP contribution < -0.4 is 0 Å². The predicted octanol–water partition coefficient (Wildman–Crippen LogP) is 5.81. The Bertz CT molecular complexity index is 292. The van der Waals surface area contributed by atoms with Crippen LogP contribution in [0.4, 0.5) is 0 Å². The van der Waals surface area contributed by atoms with E-state index >= 15 is 0 Å². The van der Waals surface area contributed by atoms with Crippen LogP contribution in [-0.4, -0.2) is 30.6 Å². The maximum absolute atomic E-state index is 12.1. The van der Waals surface area contributed by atoms with Gasteiger partial charge in [0.15, 0.2) is 6.10 Å². The maximum Gasteiger partial charge on any atom is 0.335 e. The van der Waals surface area contributed by atoms with Crippen molar-refractivity contribution in [1.29, 1.82) is 0 Å². The SMILES string of the molecule is CC/C=C\CCCOC(CCCC)C(=O)OCCCCCCBr. The van der Waals surface area contributed by atoms with Gasteiger partial charge in [0, 0.05) is 11.9 Å². The summed E-state index contributed by atoms with van der Waals surface area (Å²) in [5, 5.41) is 1.05. The van der Waals surface area contributed by atoms with Gasteiger partial charge >= 0.3 is 5.97 Å². The molecule has 3 nitrogen and oxygen atoms in total. The highest BCUT2D eigenvalue weighted by Crippen LogP contribution is 2.10. The molecule has 0 aromatic carbocycles. The summed E-state index contributed by atoms with van der Waals surface area (Å²) in [6.45, 7) is 5.40. The van der Waals surface area contributed by atoms with E-state index in [9.17, 15) is 4.79 Å². The summed E-state index contributed by atoms with van der Waals surface area (Å²) in [6.07, 6.45) is 14.3. The Morgan fingerprint density at radius 2 is 1.78 bits per heavy atom. The molecule has 0 aliphatic carbocycles. The Balaban J connectivity index is 3.90. The molecule has 0 rings (SSSR count). The van der Waals surface area contributed by atoms with Gasteiger partial charge in [-0.3, -0.25) is 0 Å². The Labute approximate surface area is 151 Å². The fourth-order valence-electron chi connectivity index (χ4n) is 2.19. The van der Waals surface area contributed by atoms with E-state index in [4.69, 9.17) is 9.47 Å². The fourth-order valence-corrected chi connectivity index (χ4v) is 2.58. The van der Waals surface area contributed by atoms with Crippen LogP contribution in [0.25, 0.3) is 0 Å². The zero-order chi connectivity index (χ0) is 17.2. The van der Waals surface area contributed by atoms with Gasteiger partial charge in [-0.1, -0.05) is 67.6 Å². The second-order valence-electron chi connectivity index (χ2n) is 5.79. The maximum atomic E-state index is 12.1. The van der Waals surface area contributed by atoms with Crippen molar-refractivity contribution in [2.45, 2.75) is 84.2 Å². The van der Waals surface area contributed by atoms with Crippen molar-refractivity contribution in [2.75, 3.05) is 18.5 Å². The van der Waals surface area contributed by atoms with Crippen LogP contribution in [0.1, 0.15) is 78.1 Å². The first-order valence-electron chi connectivity index (χ1n) is 9.25. The summed E-state index contributed by atoms with van der Waals surface area (Å²) in [7, 11) is 0. The van der Waals surface area contributed by atoms with E-state index in [1.165, 1.54) is 12.8 Å². The van der Waals surface area contributed by atoms with Crippen LogP contribution >= 0.6 is 15.9 Å². The number of halogens is 1. The molecule has 1 unspecified atom stereocenters. The van der Waals surface area contributed by atoms with Gasteiger partial charge in [-0.25, -0.2) is 4.79 Å². The normalized spacial score (nSPS) is 12.7. The number of carbonyl (C=O) groups excluding carboxylic acids is 1. The van der Waals surface area contributed by atoms with Crippen LogP contribution in [0, 0.1) is 0 Å². The van der Waals surface area contributed by atoms with E-state index in [2.05, 4.69) is 41.9 Å². The lowest BCUT2D eigenvalue weighted by Gasteiger charge is -2.16. The molecule has 1 atom stereocenters. The van der Waals surface area contributed by atoms with Gasteiger partial charge in [0.05, 0.1) is 6.61 Å². The molecular weight excluding hydrogens is 356 g/mol. The molecular formula is C19H35BrO3. The van der Waals surface area contributed by atoms with Crippen molar-refractivity contribution in [3.05, 3.63) is 12.2 Å². The van der Waals surface area contributed by atoms with Crippen molar-refractivity contribution >= 4 is 21.9 Å². The van der Waals surface area contributed by atoms with Crippen molar-refractivity contribution in [2.24, 2.45) is 0 Å². The Hall–Kier alpha value is -0.350. The molecule has 0 aliphatic heterocycles. The minimum atomic E-state index is -0.382. The van der Waals surface area contributed by atoms with E-state index in [0.717, 1.165) is 56.7 Å². The molecule has 0 aromatic rings. The number of rotatable bonds is 16. The highest BCUT2D eigenvalue weighted by atomic mass is 79.9. The van der Waals surface area contributed by atoms with E-state index in [1.807, 2.05) is 0 Å².